The number of nitrogens with zero attached hydrogens (tertiary/aromatic N) is 1. The van der Waals surface area contributed by atoms with Gasteiger partial charge in [0.15, 0.2) is 9.84 Å². The van der Waals surface area contributed by atoms with E-state index in [2.05, 4.69) is 0 Å². The number of rotatable bonds is 4. The molecule has 0 saturated carbocycles. The van der Waals surface area contributed by atoms with Crippen molar-refractivity contribution < 1.29 is 13.2 Å². The van der Waals surface area contributed by atoms with Gasteiger partial charge in [-0.25, -0.2) is 8.42 Å². The zero-order valence-corrected chi connectivity index (χ0v) is 9.09. The first-order valence-electron chi connectivity index (χ1n) is 4.71. The van der Waals surface area contributed by atoms with Gasteiger partial charge < -0.3 is 10.6 Å². The average Bonchev–Trinajstić information content (AvgIpc) is 2.45. The van der Waals surface area contributed by atoms with Gasteiger partial charge in [0, 0.05) is 18.8 Å². The monoisotopic (exact) mass is 220 g/mol. The van der Waals surface area contributed by atoms with E-state index in [1.165, 1.54) is 4.90 Å². The Hall–Kier alpha value is -0.620. The zero-order chi connectivity index (χ0) is 10.8. The molecule has 0 radical (unpaired) electrons. The maximum Gasteiger partial charge on any atom is 0.239 e. The molecular weight excluding hydrogens is 204 g/mol. The van der Waals surface area contributed by atoms with Crippen molar-refractivity contribution in [3.63, 3.8) is 0 Å². The van der Waals surface area contributed by atoms with Crippen molar-refractivity contribution in [1.29, 1.82) is 0 Å². The van der Waals surface area contributed by atoms with Crippen molar-refractivity contribution in [2.75, 3.05) is 24.6 Å². The molecular formula is C8H16N2O3S. The lowest BCUT2D eigenvalue weighted by Crippen LogP contribution is -2.36. The molecule has 0 spiro atoms. The van der Waals surface area contributed by atoms with Crippen molar-refractivity contribution >= 4 is 15.7 Å². The van der Waals surface area contributed by atoms with Crippen molar-refractivity contribution in [2.24, 2.45) is 5.73 Å². The van der Waals surface area contributed by atoms with Gasteiger partial charge in [0.25, 0.3) is 0 Å². The summed E-state index contributed by atoms with van der Waals surface area (Å²) in [7, 11) is -2.98. The van der Waals surface area contributed by atoms with Crippen molar-refractivity contribution in [2.45, 2.75) is 19.4 Å². The Morgan fingerprint density at radius 1 is 1.57 bits per heavy atom. The first-order valence-corrected chi connectivity index (χ1v) is 6.53. The Balaban J connectivity index is 2.44. The number of carbonyl (C=O) groups is 1. The third kappa shape index (κ3) is 2.68. The van der Waals surface area contributed by atoms with Crippen LogP contribution >= 0.6 is 0 Å². The number of carbonyl (C=O) groups excluding carboxylic acids is 1. The van der Waals surface area contributed by atoms with Crippen LogP contribution in [0.5, 0.6) is 0 Å². The van der Waals surface area contributed by atoms with Gasteiger partial charge in [-0.05, 0) is 6.42 Å². The lowest BCUT2D eigenvalue weighted by atomic mass is 10.3. The Kier molecular flexibility index (Phi) is 3.49. The predicted molar refractivity (Wildman–Crippen MR) is 53.5 cm³/mol. The minimum absolute atomic E-state index is 0.0436. The smallest absolute Gasteiger partial charge is 0.239 e. The fraction of sp³-hybridized carbons (Fsp3) is 0.875. The van der Waals surface area contributed by atoms with Gasteiger partial charge in [0.2, 0.25) is 5.91 Å². The Labute approximate surface area is 84.2 Å². The average molecular weight is 220 g/mol. The summed E-state index contributed by atoms with van der Waals surface area (Å²) >= 11 is 0. The van der Waals surface area contributed by atoms with E-state index in [0.29, 0.717) is 13.0 Å². The molecule has 1 aliphatic rings. The molecule has 1 heterocycles. The van der Waals surface area contributed by atoms with E-state index in [0.717, 1.165) is 0 Å². The highest BCUT2D eigenvalue weighted by atomic mass is 32.2. The molecule has 82 valence electrons. The number of amides is 1. The summed E-state index contributed by atoms with van der Waals surface area (Å²) in [5.74, 6) is 0.0413. The lowest BCUT2D eigenvalue weighted by molar-refractivity contribution is -0.128. The number of sulfone groups is 1. The molecule has 0 aliphatic carbocycles. The third-order valence-electron chi connectivity index (χ3n) is 2.45. The van der Waals surface area contributed by atoms with E-state index in [4.69, 9.17) is 5.73 Å². The van der Waals surface area contributed by atoms with Gasteiger partial charge in [-0.2, -0.15) is 0 Å². The standard InChI is InChI=1S/C8H16N2O3S/c1-2-14(12,13)6-5-10-4-3-7(9)8(10)11/h7H,2-6,9H2,1H3. The minimum Gasteiger partial charge on any atom is -0.340 e. The summed E-state index contributed by atoms with van der Waals surface area (Å²) < 4.78 is 22.3. The Morgan fingerprint density at radius 3 is 2.64 bits per heavy atom. The molecule has 0 aromatic heterocycles. The fourth-order valence-corrected chi connectivity index (χ4v) is 2.17. The van der Waals surface area contributed by atoms with Gasteiger partial charge in [-0.3, -0.25) is 4.79 Å². The van der Waals surface area contributed by atoms with E-state index >= 15 is 0 Å². The van der Waals surface area contributed by atoms with E-state index in [-0.39, 0.29) is 24.0 Å². The molecule has 0 bridgehead atoms. The highest BCUT2D eigenvalue weighted by molar-refractivity contribution is 7.91. The van der Waals surface area contributed by atoms with Crippen LogP contribution in [0.15, 0.2) is 0 Å². The fourth-order valence-electron chi connectivity index (χ4n) is 1.38. The molecule has 1 aliphatic heterocycles. The molecule has 1 atom stereocenters. The summed E-state index contributed by atoms with van der Waals surface area (Å²) in [4.78, 5) is 12.8. The quantitative estimate of drug-likeness (QED) is 0.657. The second-order valence-electron chi connectivity index (χ2n) is 3.46. The number of nitrogens with two attached hydrogens (primary N) is 1. The van der Waals surface area contributed by atoms with Crippen LogP contribution in [0.3, 0.4) is 0 Å². The number of hydrogen-bond donors (Lipinski definition) is 1. The summed E-state index contributed by atoms with van der Waals surface area (Å²) in [6.45, 7) is 2.47. The van der Waals surface area contributed by atoms with Crippen molar-refractivity contribution in [3.05, 3.63) is 0 Å². The largest absolute Gasteiger partial charge is 0.340 e. The topological polar surface area (TPSA) is 80.5 Å². The highest BCUT2D eigenvalue weighted by Gasteiger charge is 2.28. The number of likely N-dealkylation sites (tertiary alicyclic amines) is 1. The normalized spacial score (nSPS) is 23.1. The summed E-state index contributed by atoms with van der Waals surface area (Å²) in [6.07, 6.45) is 0.630. The minimum atomic E-state index is -2.98. The highest BCUT2D eigenvalue weighted by Crippen LogP contribution is 2.08. The molecule has 14 heavy (non-hydrogen) atoms. The second-order valence-corrected chi connectivity index (χ2v) is 5.93. The molecule has 1 saturated heterocycles. The van der Waals surface area contributed by atoms with Gasteiger partial charge in [0.1, 0.15) is 0 Å². The molecule has 0 aromatic carbocycles. The lowest BCUT2D eigenvalue weighted by Gasteiger charge is -2.15. The van der Waals surface area contributed by atoms with E-state index in [1.807, 2.05) is 0 Å². The van der Waals surface area contributed by atoms with Gasteiger partial charge in [-0.15, -0.1) is 0 Å². The SMILES string of the molecule is CCS(=O)(=O)CCN1CCC(N)C1=O. The zero-order valence-electron chi connectivity index (χ0n) is 8.27. The van der Waals surface area contributed by atoms with E-state index in [9.17, 15) is 13.2 Å². The van der Waals surface area contributed by atoms with Crippen LogP contribution < -0.4 is 5.73 Å². The van der Waals surface area contributed by atoms with Crippen LogP contribution in [0.2, 0.25) is 0 Å². The molecule has 1 unspecified atom stereocenters. The van der Waals surface area contributed by atoms with E-state index in [1.54, 1.807) is 6.92 Å². The Morgan fingerprint density at radius 2 is 2.21 bits per heavy atom. The van der Waals surface area contributed by atoms with Crippen LogP contribution in [0, 0.1) is 0 Å². The molecule has 5 nitrogen and oxygen atoms in total. The Bertz CT molecular complexity index is 313. The maximum absolute atomic E-state index is 11.3. The summed E-state index contributed by atoms with van der Waals surface area (Å²) in [6, 6.07) is -0.431. The van der Waals surface area contributed by atoms with Crippen LogP contribution in [-0.4, -0.2) is 49.9 Å². The molecule has 1 rings (SSSR count). The third-order valence-corrected chi connectivity index (χ3v) is 4.14. The second kappa shape index (κ2) is 4.27. The molecule has 1 amide bonds. The predicted octanol–water partition coefficient (Wildman–Crippen LogP) is -1.02. The van der Waals surface area contributed by atoms with Gasteiger partial charge >= 0.3 is 0 Å². The summed E-state index contributed by atoms with van der Waals surface area (Å²) in [5, 5.41) is 0. The summed E-state index contributed by atoms with van der Waals surface area (Å²) in [5.41, 5.74) is 5.50. The molecule has 0 aromatic rings. The first kappa shape index (κ1) is 11.5. The van der Waals surface area contributed by atoms with Crippen LogP contribution in [0.4, 0.5) is 0 Å². The van der Waals surface area contributed by atoms with Gasteiger partial charge in [0.05, 0.1) is 11.8 Å². The van der Waals surface area contributed by atoms with Crippen molar-refractivity contribution in [3.8, 4) is 0 Å². The van der Waals surface area contributed by atoms with E-state index < -0.39 is 15.9 Å². The maximum atomic E-state index is 11.3. The molecule has 1 fully saturated rings. The molecule has 2 N–H and O–H groups in total. The number of hydrogen-bond acceptors (Lipinski definition) is 4. The molecule has 6 heteroatoms. The van der Waals surface area contributed by atoms with Crippen LogP contribution in [0.1, 0.15) is 13.3 Å². The van der Waals surface area contributed by atoms with Gasteiger partial charge in [-0.1, -0.05) is 6.92 Å². The van der Waals surface area contributed by atoms with Crippen LogP contribution in [-0.2, 0) is 14.6 Å². The van der Waals surface area contributed by atoms with Crippen molar-refractivity contribution in [1.82, 2.24) is 4.90 Å². The van der Waals surface area contributed by atoms with Crippen LogP contribution in [0.25, 0.3) is 0 Å². The first-order chi connectivity index (χ1) is 6.46.